The van der Waals surface area contributed by atoms with Gasteiger partial charge < -0.3 is 15.7 Å². The van der Waals surface area contributed by atoms with Gasteiger partial charge in [0.15, 0.2) is 0 Å². The van der Waals surface area contributed by atoms with Crippen molar-refractivity contribution in [3.63, 3.8) is 0 Å². The summed E-state index contributed by atoms with van der Waals surface area (Å²) in [6, 6.07) is 0. The topological polar surface area (TPSA) is 61.4 Å². The summed E-state index contributed by atoms with van der Waals surface area (Å²) in [5.74, 6) is 0.138. The number of hydrogen-bond donors (Lipinski definition) is 3. The Morgan fingerprint density at radius 3 is 2.71 bits per heavy atom. The second-order valence-corrected chi connectivity index (χ2v) is 5.11. The lowest BCUT2D eigenvalue weighted by atomic mass is 9.90. The normalized spacial score (nSPS) is 24.6. The van der Waals surface area contributed by atoms with Crippen LogP contribution >= 0.6 is 0 Å². The third-order valence-corrected chi connectivity index (χ3v) is 3.49. The molecule has 1 aliphatic rings. The van der Waals surface area contributed by atoms with Crippen molar-refractivity contribution in [2.24, 2.45) is 0 Å². The lowest BCUT2D eigenvalue weighted by molar-refractivity contribution is -0.127. The van der Waals surface area contributed by atoms with Crippen molar-refractivity contribution in [3.8, 4) is 0 Å². The number of nitrogens with one attached hydrogen (secondary N) is 2. The SMILES string of the molecule is CC1(C(=O)NCCCCCCO)CCCCN1. The number of hydrogen-bond acceptors (Lipinski definition) is 3. The van der Waals surface area contributed by atoms with Crippen LogP contribution < -0.4 is 10.6 Å². The zero-order chi connectivity index (χ0) is 12.6. The first kappa shape index (κ1) is 14.5. The average molecular weight is 242 g/mol. The number of aliphatic hydroxyl groups is 1. The Labute approximate surface area is 104 Å². The molecular formula is C13H26N2O2. The van der Waals surface area contributed by atoms with Crippen LogP contribution in [0.2, 0.25) is 0 Å². The van der Waals surface area contributed by atoms with Crippen molar-refractivity contribution < 1.29 is 9.90 Å². The third-order valence-electron chi connectivity index (χ3n) is 3.49. The first-order chi connectivity index (χ1) is 8.19. The zero-order valence-electron chi connectivity index (χ0n) is 10.9. The Morgan fingerprint density at radius 1 is 1.29 bits per heavy atom. The largest absolute Gasteiger partial charge is 0.396 e. The summed E-state index contributed by atoms with van der Waals surface area (Å²) in [5, 5.41) is 15.0. The fourth-order valence-electron chi connectivity index (χ4n) is 2.24. The fraction of sp³-hybridized carbons (Fsp3) is 0.923. The number of aliphatic hydroxyl groups excluding tert-OH is 1. The molecule has 1 saturated heterocycles. The smallest absolute Gasteiger partial charge is 0.240 e. The van der Waals surface area contributed by atoms with Crippen LogP contribution in [0.4, 0.5) is 0 Å². The van der Waals surface area contributed by atoms with Gasteiger partial charge in [0.2, 0.25) is 5.91 Å². The van der Waals surface area contributed by atoms with E-state index in [1.807, 2.05) is 6.92 Å². The van der Waals surface area contributed by atoms with Gasteiger partial charge in [-0.15, -0.1) is 0 Å². The number of carbonyl (C=O) groups excluding carboxylic acids is 1. The van der Waals surface area contributed by atoms with Crippen molar-refractivity contribution in [1.29, 1.82) is 0 Å². The molecule has 0 aliphatic carbocycles. The molecule has 4 heteroatoms. The molecule has 1 atom stereocenters. The second kappa shape index (κ2) is 7.67. The minimum absolute atomic E-state index is 0.138. The lowest BCUT2D eigenvalue weighted by Crippen LogP contribution is -2.57. The molecule has 4 nitrogen and oxygen atoms in total. The van der Waals surface area contributed by atoms with E-state index < -0.39 is 0 Å². The predicted molar refractivity (Wildman–Crippen MR) is 68.8 cm³/mol. The van der Waals surface area contributed by atoms with Crippen LogP contribution in [0.1, 0.15) is 51.9 Å². The molecule has 1 unspecified atom stereocenters. The molecule has 0 saturated carbocycles. The minimum atomic E-state index is -0.358. The van der Waals surface area contributed by atoms with E-state index in [0.717, 1.165) is 51.6 Å². The quantitative estimate of drug-likeness (QED) is 0.588. The maximum absolute atomic E-state index is 12.0. The minimum Gasteiger partial charge on any atom is -0.396 e. The lowest BCUT2D eigenvalue weighted by Gasteiger charge is -2.33. The van der Waals surface area contributed by atoms with E-state index in [-0.39, 0.29) is 18.1 Å². The van der Waals surface area contributed by atoms with Crippen LogP contribution in [0.5, 0.6) is 0 Å². The maximum Gasteiger partial charge on any atom is 0.240 e. The van der Waals surface area contributed by atoms with Crippen molar-refractivity contribution in [2.75, 3.05) is 19.7 Å². The summed E-state index contributed by atoms with van der Waals surface area (Å²) >= 11 is 0. The summed E-state index contributed by atoms with van der Waals surface area (Å²) in [6.45, 7) is 3.96. The second-order valence-electron chi connectivity index (χ2n) is 5.11. The first-order valence-electron chi connectivity index (χ1n) is 6.83. The summed E-state index contributed by atoms with van der Waals surface area (Å²) in [4.78, 5) is 12.0. The van der Waals surface area contributed by atoms with Gasteiger partial charge in [-0.1, -0.05) is 12.8 Å². The molecule has 0 aromatic heterocycles. The van der Waals surface area contributed by atoms with Gasteiger partial charge in [-0.3, -0.25) is 4.79 Å². The van der Waals surface area contributed by atoms with E-state index >= 15 is 0 Å². The van der Waals surface area contributed by atoms with Crippen LogP contribution in [-0.4, -0.2) is 36.2 Å². The molecule has 1 fully saturated rings. The molecule has 1 amide bonds. The van der Waals surface area contributed by atoms with Crippen molar-refractivity contribution in [2.45, 2.75) is 57.4 Å². The Hall–Kier alpha value is -0.610. The van der Waals surface area contributed by atoms with Gasteiger partial charge in [-0.2, -0.15) is 0 Å². The molecular weight excluding hydrogens is 216 g/mol. The molecule has 0 radical (unpaired) electrons. The van der Waals surface area contributed by atoms with E-state index in [2.05, 4.69) is 10.6 Å². The Bertz CT molecular complexity index is 225. The summed E-state index contributed by atoms with van der Waals surface area (Å²) in [5.41, 5.74) is -0.358. The number of rotatable bonds is 7. The molecule has 17 heavy (non-hydrogen) atoms. The van der Waals surface area contributed by atoms with Gasteiger partial charge in [0, 0.05) is 13.2 Å². The van der Waals surface area contributed by atoms with Gasteiger partial charge in [-0.25, -0.2) is 0 Å². The summed E-state index contributed by atoms with van der Waals surface area (Å²) in [7, 11) is 0. The molecule has 1 rings (SSSR count). The first-order valence-corrected chi connectivity index (χ1v) is 6.83. The summed E-state index contributed by atoms with van der Waals surface area (Å²) in [6.07, 6.45) is 7.22. The van der Waals surface area contributed by atoms with Crippen LogP contribution in [0.25, 0.3) is 0 Å². The van der Waals surface area contributed by atoms with Crippen molar-refractivity contribution >= 4 is 5.91 Å². The zero-order valence-corrected chi connectivity index (χ0v) is 10.9. The van der Waals surface area contributed by atoms with Gasteiger partial charge in [0.25, 0.3) is 0 Å². The van der Waals surface area contributed by atoms with Crippen molar-refractivity contribution in [3.05, 3.63) is 0 Å². The number of piperidine rings is 1. The third kappa shape index (κ3) is 5.04. The van der Waals surface area contributed by atoms with Crippen LogP contribution in [0, 0.1) is 0 Å². The highest BCUT2D eigenvalue weighted by Crippen LogP contribution is 2.18. The van der Waals surface area contributed by atoms with E-state index in [1.165, 1.54) is 6.42 Å². The molecule has 100 valence electrons. The molecule has 0 aromatic carbocycles. The van der Waals surface area contributed by atoms with Crippen LogP contribution in [-0.2, 0) is 4.79 Å². The molecule has 1 heterocycles. The Balaban J connectivity index is 2.11. The van der Waals surface area contributed by atoms with E-state index in [4.69, 9.17) is 5.11 Å². The Kier molecular flexibility index (Phi) is 6.52. The van der Waals surface area contributed by atoms with Crippen molar-refractivity contribution in [1.82, 2.24) is 10.6 Å². The van der Waals surface area contributed by atoms with Crippen LogP contribution in [0.15, 0.2) is 0 Å². The van der Waals surface area contributed by atoms with E-state index in [9.17, 15) is 4.79 Å². The molecule has 3 N–H and O–H groups in total. The highest BCUT2D eigenvalue weighted by molar-refractivity contribution is 5.85. The maximum atomic E-state index is 12.0. The number of unbranched alkanes of at least 4 members (excludes halogenated alkanes) is 3. The highest BCUT2D eigenvalue weighted by atomic mass is 16.2. The molecule has 0 spiro atoms. The molecule has 0 bridgehead atoms. The van der Waals surface area contributed by atoms with E-state index in [1.54, 1.807) is 0 Å². The molecule has 0 aromatic rings. The predicted octanol–water partition coefficient (Wildman–Crippen LogP) is 1.19. The highest BCUT2D eigenvalue weighted by Gasteiger charge is 2.33. The van der Waals surface area contributed by atoms with Gasteiger partial charge in [0.1, 0.15) is 0 Å². The molecule has 1 aliphatic heterocycles. The van der Waals surface area contributed by atoms with Gasteiger partial charge >= 0.3 is 0 Å². The van der Waals surface area contributed by atoms with Gasteiger partial charge in [0.05, 0.1) is 5.54 Å². The van der Waals surface area contributed by atoms with E-state index in [0.29, 0.717) is 0 Å². The standard InChI is InChI=1S/C13H26N2O2/c1-13(8-4-6-10-15-13)12(17)14-9-5-2-3-7-11-16/h15-16H,2-11H2,1H3,(H,14,17). The van der Waals surface area contributed by atoms with Gasteiger partial charge in [-0.05, 0) is 45.6 Å². The number of carbonyl (C=O) groups is 1. The summed E-state index contributed by atoms with van der Waals surface area (Å²) < 4.78 is 0. The average Bonchev–Trinajstić information content (AvgIpc) is 2.34. The fourth-order valence-corrected chi connectivity index (χ4v) is 2.24. The number of amides is 1. The van der Waals surface area contributed by atoms with Crippen LogP contribution in [0.3, 0.4) is 0 Å². The monoisotopic (exact) mass is 242 g/mol. The Morgan fingerprint density at radius 2 is 2.06 bits per heavy atom.